The van der Waals surface area contributed by atoms with Gasteiger partial charge in [0.05, 0.1) is 52.1 Å². The lowest BCUT2D eigenvalue weighted by Gasteiger charge is -2.29. The van der Waals surface area contributed by atoms with Crippen LogP contribution in [0.25, 0.3) is 0 Å². The van der Waals surface area contributed by atoms with E-state index in [1.807, 2.05) is 57.6 Å². The molecule has 0 heterocycles. The molecule has 1 amide bonds. The van der Waals surface area contributed by atoms with Crippen LogP contribution >= 0.6 is 7.82 Å². The van der Waals surface area contributed by atoms with E-state index in [0.717, 1.165) is 38.5 Å². The molecule has 1 unspecified atom stereocenters. The first kappa shape index (κ1) is 49.9. The number of hydrogen-bond acceptors (Lipinski definition) is 8. The Morgan fingerprint density at radius 3 is 1.94 bits per heavy atom. The van der Waals surface area contributed by atoms with Gasteiger partial charge in [-0.05, 0) is 51.4 Å². The highest BCUT2D eigenvalue weighted by atomic mass is 31.2. The van der Waals surface area contributed by atoms with Crippen molar-refractivity contribution in [2.45, 2.75) is 141 Å². The van der Waals surface area contributed by atoms with Crippen molar-refractivity contribution in [3.8, 4) is 0 Å². The molecule has 0 aliphatic heterocycles. The van der Waals surface area contributed by atoms with E-state index in [-0.39, 0.29) is 18.9 Å². The van der Waals surface area contributed by atoms with Gasteiger partial charge in [0.25, 0.3) is 7.82 Å². The van der Waals surface area contributed by atoms with Gasteiger partial charge in [-0.3, -0.25) is 9.36 Å². The number of likely N-dealkylation sites (N-methyl/N-ethyl adjacent to an activating group) is 1. The molecule has 0 fully saturated rings. The molecule has 11 heteroatoms. The number of nitrogens with zero attached hydrogens (tertiary/aromatic N) is 1. The van der Waals surface area contributed by atoms with E-state index in [1.165, 1.54) is 32.1 Å². The summed E-state index contributed by atoms with van der Waals surface area (Å²) in [5.74, 6) is -0.389. The van der Waals surface area contributed by atoms with Crippen molar-refractivity contribution in [2.75, 3.05) is 40.9 Å². The molecule has 0 aromatic carbocycles. The van der Waals surface area contributed by atoms with Crippen LogP contribution in [0.3, 0.4) is 0 Å². The number of allylic oxidation sites excluding steroid dienone is 9. The molecule has 4 N–H and O–H groups in total. The third-order valence-corrected chi connectivity index (χ3v) is 9.06. The highest BCUT2D eigenvalue weighted by Crippen LogP contribution is 2.38. The zero-order valence-corrected chi connectivity index (χ0v) is 33.8. The van der Waals surface area contributed by atoms with E-state index >= 15 is 0 Å². The first-order chi connectivity index (χ1) is 24.8. The molecule has 0 saturated heterocycles. The fraction of sp³-hybridized carbons (Fsp3) is 0.683. The minimum Gasteiger partial charge on any atom is -0.756 e. The normalized spacial score (nSPS) is 16.6. The summed E-state index contributed by atoms with van der Waals surface area (Å²) in [7, 11) is 1.08. The minimum atomic E-state index is -4.66. The van der Waals surface area contributed by atoms with E-state index < -0.39 is 38.8 Å². The number of phosphoric ester groups is 1. The lowest BCUT2D eigenvalue weighted by atomic mass is 10.1. The van der Waals surface area contributed by atoms with Crippen LogP contribution in [0.2, 0.25) is 0 Å². The fourth-order valence-electron chi connectivity index (χ4n) is 4.85. The quantitative estimate of drug-likeness (QED) is 0.0179. The zero-order chi connectivity index (χ0) is 38.9. The van der Waals surface area contributed by atoms with Gasteiger partial charge in [0.1, 0.15) is 13.2 Å². The third-order valence-electron chi connectivity index (χ3n) is 8.10. The molecular weight excluding hydrogens is 679 g/mol. The summed E-state index contributed by atoms with van der Waals surface area (Å²) in [4.78, 5) is 25.2. The topological polar surface area (TPSA) is 148 Å². The van der Waals surface area contributed by atoms with Gasteiger partial charge in [-0.1, -0.05) is 132 Å². The van der Waals surface area contributed by atoms with Gasteiger partial charge >= 0.3 is 0 Å². The number of hydrogen-bond donors (Lipinski definition) is 4. The molecule has 0 spiro atoms. The minimum absolute atomic E-state index is 0.0533. The number of quaternary nitrogens is 1. The van der Waals surface area contributed by atoms with E-state index in [1.54, 1.807) is 24.3 Å². The molecule has 0 saturated carbocycles. The second-order valence-electron chi connectivity index (χ2n) is 14.3. The van der Waals surface area contributed by atoms with Crippen molar-refractivity contribution in [3.63, 3.8) is 0 Å². The van der Waals surface area contributed by atoms with Crippen LogP contribution in [0.4, 0.5) is 0 Å². The Morgan fingerprint density at radius 1 is 0.731 bits per heavy atom. The van der Waals surface area contributed by atoms with Gasteiger partial charge in [0.15, 0.2) is 0 Å². The summed E-state index contributed by atoms with van der Waals surface area (Å²) in [6.07, 6.45) is 34.5. The van der Waals surface area contributed by atoms with Crippen molar-refractivity contribution in [3.05, 3.63) is 72.9 Å². The van der Waals surface area contributed by atoms with Crippen LogP contribution in [-0.4, -0.2) is 91.0 Å². The smallest absolute Gasteiger partial charge is 0.268 e. The molecule has 5 atom stereocenters. The van der Waals surface area contributed by atoms with Crippen LogP contribution in [0.15, 0.2) is 72.9 Å². The Bertz CT molecular complexity index is 1110. The highest BCUT2D eigenvalue weighted by molar-refractivity contribution is 7.45. The van der Waals surface area contributed by atoms with Crippen LogP contribution in [0.1, 0.15) is 117 Å². The molecule has 300 valence electrons. The van der Waals surface area contributed by atoms with E-state index in [2.05, 4.69) is 31.3 Å². The molecule has 0 aliphatic carbocycles. The average Bonchev–Trinajstić information content (AvgIpc) is 3.07. The van der Waals surface area contributed by atoms with Crippen molar-refractivity contribution in [1.82, 2.24) is 5.32 Å². The number of aliphatic hydroxyl groups is 3. The molecule has 0 aromatic rings. The highest BCUT2D eigenvalue weighted by Gasteiger charge is 2.23. The van der Waals surface area contributed by atoms with Crippen molar-refractivity contribution in [1.29, 1.82) is 0 Å². The van der Waals surface area contributed by atoms with Crippen LogP contribution in [0.5, 0.6) is 0 Å². The summed E-state index contributed by atoms with van der Waals surface area (Å²) < 4.78 is 23.0. The number of nitrogens with one attached hydrogen (secondary N) is 1. The van der Waals surface area contributed by atoms with E-state index in [0.29, 0.717) is 36.7 Å². The molecule has 52 heavy (non-hydrogen) atoms. The van der Waals surface area contributed by atoms with Gasteiger partial charge < -0.3 is 39.1 Å². The molecule has 0 radical (unpaired) electrons. The van der Waals surface area contributed by atoms with Gasteiger partial charge in [0, 0.05) is 6.42 Å². The Labute approximate surface area is 316 Å². The summed E-state index contributed by atoms with van der Waals surface area (Å²) in [5, 5.41) is 33.7. The van der Waals surface area contributed by atoms with Crippen LogP contribution in [0, 0.1) is 0 Å². The monoisotopic (exact) mass is 753 g/mol. The van der Waals surface area contributed by atoms with Gasteiger partial charge in [-0.15, -0.1) is 0 Å². The summed E-state index contributed by atoms with van der Waals surface area (Å²) in [6, 6.07) is -1.01. The van der Waals surface area contributed by atoms with Crippen molar-refractivity contribution in [2.24, 2.45) is 0 Å². The molecule has 0 rings (SSSR count). The maximum absolute atomic E-state index is 12.8. The standard InChI is InChI=1S/C41H73N2O8P/c1-6-8-10-11-12-13-14-15-19-22-26-32-40(46)39(36-51-52(48,49)50-35-34-43(3,4)5)42-41(47)33-27-31-38(45)30-25-21-18-16-17-20-24-29-37(44)28-23-9-7-2/h14-15,17-18,20-21,24-26,29-30,32,37-40,44-46H,6-13,16,19,22-23,27-28,31,33-36H2,1-5H3,(H-,42,47,48,49)/b15-14-,20-17-,21-18-,29-24+,30-25+,32-26+/t37-,38-,39+,40-/m1/s1. The Hall–Kier alpha value is -2.14. The number of carbonyl (C=O) groups is 1. The maximum atomic E-state index is 12.8. The van der Waals surface area contributed by atoms with Gasteiger partial charge in [-0.25, -0.2) is 0 Å². The summed E-state index contributed by atoms with van der Waals surface area (Å²) >= 11 is 0. The predicted octanol–water partition coefficient (Wildman–Crippen LogP) is 7.38. The Kier molecular flexibility index (Phi) is 31.0. The molecule has 0 aliphatic rings. The molecule has 10 nitrogen and oxygen atoms in total. The predicted molar refractivity (Wildman–Crippen MR) is 212 cm³/mol. The first-order valence-corrected chi connectivity index (χ1v) is 21.0. The summed E-state index contributed by atoms with van der Waals surface area (Å²) in [6.45, 7) is 4.26. The molecule has 0 aromatic heterocycles. The van der Waals surface area contributed by atoms with Gasteiger partial charge in [-0.2, -0.15) is 0 Å². The largest absolute Gasteiger partial charge is 0.756 e. The second-order valence-corrected chi connectivity index (χ2v) is 15.7. The second kappa shape index (κ2) is 32.3. The summed E-state index contributed by atoms with van der Waals surface area (Å²) in [5.41, 5.74) is 0. The lowest BCUT2D eigenvalue weighted by Crippen LogP contribution is -2.45. The van der Waals surface area contributed by atoms with Crippen LogP contribution in [-0.2, 0) is 18.4 Å². The number of carbonyl (C=O) groups excluding carboxylic acids is 1. The average molecular weight is 753 g/mol. The number of aliphatic hydroxyl groups excluding tert-OH is 3. The number of unbranched alkanes of at least 4 members (excludes halogenated alkanes) is 8. The maximum Gasteiger partial charge on any atom is 0.268 e. The Morgan fingerprint density at radius 2 is 1.31 bits per heavy atom. The fourth-order valence-corrected chi connectivity index (χ4v) is 5.57. The third kappa shape index (κ3) is 33.7. The van der Waals surface area contributed by atoms with E-state index in [9.17, 15) is 29.6 Å². The number of amides is 1. The lowest BCUT2D eigenvalue weighted by molar-refractivity contribution is -0.870. The van der Waals surface area contributed by atoms with Crippen molar-refractivity contribution >= 4 is 13.7 Å². The zero-order valence-electron chi connectivity index (χ0n) is 32.9. The number of rotatable bonds is 33. The number of phosphoric acid groups is 1. The first-order valence-electron chi connectivity index (χ1n) is 19.5. The van der Waals surface area contributed by atoms with Crippen LogP contribution < -0.4 is 10.2 Å². The molecule has 0 bridgehead atoms. The SMILES string of the molecule is CCCCCCC/C=C\CC/C=C/[C@@H](O)[C@H](COP(=O)([O-])OCC[N+](C)(C)C)NC(=O)CCC[C@H](O)/C=C/C=C\C/C=C\C=C\[C@H](O)CCCCC. The van der Waals surface area contributed by atoms with Crippen molar-refractivity contribution < 1.29 is 43.1 Å². The molecular formula is C41H73N2O8P. The van der Waals surface area contributed by atoms with E-state index in [4.69, 9.17) is 9.05 Å². The van der Waals surface area contributed by atoms with Gasteiger partial charge in [0.2, 0.25) is 5.91 Å². The Balaban J connectivity index is 4.83.